The second kappa shape index (κ2) is 5.69. The Kier molecular flexibility index (Phi) is 3.75. The van der Waals surface area contributed by atoms with E-state index in [2.05, 4.69) is 4.98 Å². The van der Waals surface area contributed by atoms with Crippen LogP contribution in [0.5, 0.6) is 5.75 Å². The highest BCUT2D eigenvalue weighted by molar-refractivity contribution is 5.98. The fourth-order valence-electron chi connectivity index (χ4n) is 2.53. The van der Waals surface area contributed by atoms with E-state index in [1.165, 1.54) is 0 Å². The van der Waals surface area contributed by atoms with Gasteiger partial charge in [0, 0.05) is 18.5 Å². The highest BCUT2D eigenvalue weighted by Gasteiger charge is 2.21. The normalized spacial score (nSPS) is 15.2. The number of carbonyl (C=O) groups is 1. The summed E-state index contributed by atoms with van der Waals surface area (Å²) in [4.78, 5) is 19.0. The average Bonchev–Trinajstić information content (AvgIpc) is 2.54. The van der Waals surface area contributed by atoms with Crippen molar-refractivity contribution in [2.24, 2.45) is 0 Å². The molecule has 1 amide bonds. The lowest BCUT2D eigenvalue weighted by Crippen LogP contribution is -2.41. The summed E-state index contributed by atoms with van der Waals surface area (Å²) in [6.45, 7) is 4.33. The van der Waals surface area contributed by atoms with E-state index in [9.17, 15) is 4.79 Å². The van der Waals surface area contributed by atoms with Crippen molar-refractivity contribution < 1.29 is 14.3 Å². The number of methoxy groups -OCH3 is 1. The van der Waals surface area contributed by atoms with E-state index in [0.717, 1.165) is 22.3 Å². The van der Waals surface area contributed by atoms with Gasteiger partial charge in [0.25, 0.3) is 5.91 Å². The number of carbonyl (C=O) groups excluding carboxylic acids is 1. The van der Waals surface area contributed by atoms with Crippen LogP contribution in [0.4, 0.5) is 0 Å². The van der Waals surface area contributed by atoms with Crippen LogP contribution in [0.15, 0.2) is 24.3 Å². The molecule has 0 bridgehead atoms. The summed E-state index contributed by atoms with van der Waals surface area (Å²) < 4.78 is 10.5. The van der Waals surface area contributed by atoms with E-state index in [4.69, 9.17) is 9.47 Å². The van der Waals surface area contributed by atoms with Crippen molar-refractivity contribution in [3.8, 4) is 5.75 Å². The van der Waals surface area contributed by atoms with Crippen LogP contribution >= 0.6 is 0 Å². The third-order valence-electron chi connectivity index (χ3n) is 3.74. The van der Waals surface area contributed by atoms with Crippen molar-refractivity contribution in [2.75, 3.05) is 33.4 Å². The van der Waals surface area contributed by atoms with Gasteiger partial charge in [0.1, 0.15) is 5.75 Å². The minimum absolute atomic E-state index is 0.0213. The van der Waals surface area contributed by atoms with Gasteiger partial charge >= 0.3 is 0 Å². The molecule has 2 heterocycles. The fraction of sp³-hybridized carbons (Fsp3) is 0.375. The average molecular weight is 286 g/mol. The summed E-state index contributed by atoms with van der Waals surface area (Å²) in [7, 11) is 1.63. The molecule has 0 N–H and O–H groups in total. The number of aromatic nitrogens is 1. The van der Waals surface area contributed by atoms with Gasteiger partial charge in [-0.1, -0.05) is 0 Å². The standard InChI is InChI=1S/C16H18N2O3/c1-11-14(16(19)18-5-7-21-8-6-18)10-12-9-13(20-2)3-4-15(12)17-11/h3-4,9-10H,5-8H2,1-2H3. The molecule has 2 aromatic rings. The van der Waals surface area contributed by atoms with Gasteiger partial charge in [-0.25, -0.2) is 0 Å². The summed E-state index contributed by atoms with van der Waals surface area (Å²) in [5, 5.41) is 0.913. The summed E-state index contributed by atoms with van der Waals surface area (Å²) in [5.41, 5.74) is 2.27. The lowest BCUT2D eigenvalue weighted by molar-refractivity contribution is 0.0302. The van der Waals surface area contributed by atoms with Crippen LogP contribution in [-0.4, -0.2) is 49.2 Å². The van der Waals surface area contributed by atoms with E-state index in [1.807, 2.05) is 36.1 Å². The number of benzene rings is 1. The Morgan fingerprint density at radius 3 is 2.76 bits per heavy atom. The summed E-state index contributed by atoms with van der Waals surface area (Å²) in [6, 6.07) is 7.58. The van der Waals surface area contributed by atoms with Crippen molar-refractivity contribution in [1.82, 2.24) is 9.88 Å². The van der Waals surface area contributed by atoms with Crippen molar-refractivity contribution in [1.29, 1.82) is 0 Å². The first-order valence-corrected chi connectivity index (χ1v) is 7.01. The first-order chi connectivity index (χ1) is 10.2. The molecule has 1 fully saturated rings. The maximum absolute atomic E-state index is 12.6. The predicted octanol–water partition coefficient (Wildman–Crippen LogP) is 2.02. The second-order valence-electron chi connectivity index (χ2n) is 5.08. The quantitative estimate of drug-likeness (QED) is 0.847. The Balaban J connectivity index is 2.00. The van der Waals surface area contributed by atoms with E-state index in [1.54, 1.807) is 7.11 Å². The highest BCUT2D eigenvalue weighted by atomic mass is 16.5. The molecule has 3 rings (SSSR count). The van der Waals surface area contributed by atoms with Gasteiger partial charge in [-0.05, 0) is 31.2 Å². The van der Waals surface area contributed by atoms with Crippen LogP contribution in [0.3, 0.4) is 0 Å². The Hall–Kier alpha value is -2.14. The molecule has 5 nitrogen and oxygen atoms in total. The van der Waals surface area contributed by atoms with Gasteiger partial charge in [0.2, 0.25) is 0 Å². The summed E-state index contributed by atoms with van der Waals surface area (Å²) in [6.07, 6.45) is 0. The molecule has 0 unspecified atom stereocenters. The van der Waals surface area contributed by atoms with Gasteiger partial charge < -0.3 is 14.4 Å². The SMILES string of the molecule is COc1ccc2nc(C)c(C(=O)N3CCOCC3)cc2c1. The molecule has 21 heavy (non-hydrogen) atoms. The van der Waals surface area contributed by atoms with Crippen LogP contribution in [0.25, 0.3) is 10.9 Å². The molecule has 0 saturated carbocycles. The monoisotopic (exact) mass is 286 g/mol. The van der Waals surface area contributed by atoms with E-state index in [0.29, 0.717) is 31.9 Å². The number of hydrogen-bond donors (Lipinski definition) is 0. The Morgan fingerprint density at radius 1 is 1.29 bits per heavy atom. The zero-order valence-corrected chi connectivity index (χ0v) is 12.3. The van der Waals surface area contributed by atoms with Crippen molar-refractivity contribution >= 4 is 16.8 Å². The third-order valence-corrected chi connectivity index (χ3v) is 3.74. The fourth-order valence-corrected chi connectivity index (χ4v) is 2.53. The van der Waals surface area contributed by atoms with Crippen LogP contribution < -0.4 is 4.74 Å². The number of nitrogens with zero attached hydrogens (tertiary/aromatic N) is 2. The van der Waals surface area contributed by atoms with Gasteiger partial charge in [-0.3, -0.25) is 9.78 Å². The maximum atomic E-state index is 12.6. The lowest BCUT2D eigenvalue weighted by Gasteiger charge is -2.27. The van der Waals surface area contributed by atoms with Crippen molar-refractivity contribution in [2.45, 2.75) is 6.92 Å². The Morgan fingerprint density at radius 2 is 2.05 bits per heavy atom. The van der Waals surface area contributed by atoms with Crippen LogP contribution in [0.2, 0.25) is 0 Å². The smallest absolute Gasteiger partial charge is 0.255 e. The molecular formula is C16H18N2O3. The number of ether oxygens (including phenoxy) is 2. The topological polar surface area (TPSA) is 51.7 Å². The largest absolute Gasteiger partial charge is 0.497 e. The Labute approximate surface area is 123 Å². The number of rotatable bonds is 2. The van der Waals surface area contributed by atoms with Gasteiger partial charge in [-0.15, -0.1) is 0 Å². The summed E-state index contributed by atoms with van der Waals surface area (Å²) >= 11 is 0. The van der Waals surface area contributed by atoms with Crippen molar-refractivity contribution in [3.63, 3.8) is 0 Å². The molecule has 1 aliphatic heterocycles. The van der Waals surface area contributed by atoms with E-state index in [-0.39, 0.29) is 5.91 Å². The lowest BCUT2D eigenvalue weighted by atomic mass is 10.1. The molecule has 5 heteroatoms. The second-order valence-corrected chi connectivity index (χ2v) is 5.08. The summed E-state index contributed by atoms with van der Waals surface area (Å²) in [5.74, 6) is 0.783. The van der Waals surface area contributed by atoms with Crippen LogP contribution in [0.1, 0.15) is 16.1 Å². The first kappa shape index (κ1) is 13.8. The molecule has 0 aliphatic carbocycles. The number of amides is 1. The van der Waals surface area contributed by atoms with Gasteiger partial charge in [-0.2, -0.15) is 0 Å². The minimum Gasteiger partial charge on any atom is -0.497 e. The molecule has 1 aromatic carbocycles. The van der Waals surface area contributed by atoms with Crippen LogP contribution in [-0.2, 0) is 4.74 Å². The molecule has 0 spiro atoms. The molecule has 0 radical (unpaired) electrons. The molecule has 1 aromatic heterocycles. The zero-order chi connectivity index (χ0) is 14.8. The molecule has 1 saturated heterocycles. The minimum atomic E-state index is 0.0213. The van der Waals surface area contributed by atoms with E-state index < -0.39 is 0 Å². The van der Waals surface area contributed by atoms with E-state index >= 15 is 0 Å². The third kappa shape index (κ3) is 2.69. The Bertz CT molecular complexity index is 679. The van der Waals surface area contributed by atoms with Crippen molar-refractivity contribution in [3.05, 3.63) is 35.5 Å². The number of aryl methyl sites for hydroxylation is 1. The molecule has 0 atom stereocenters. The number of fused-ring (bicyclic) bond motifs is 1. The number of pyridine rings is 1. The maximum Gasteiger partial charge on any atom is 0.255 e. The molecule has 1 aliphatic rings. The molecule has 110 valence electrons. The van der Waals surface area contributed by atoms with Crippen LogP contribution in [0, 0.1) is 6.92 Å². The van der Waals surface area contributed by atoms with Gasteiger partial charge in [0.15, 0.2) is 0 Å². The predicted molar refractivity (Wildman–Crippen MR) is 79.8 cm³/mol. The number of morpholine rings is 1. The van der Waals surface area contributed by atoms with Gasteiger partial charge in [0.05, 0.1) is 37.1 Å². The first-order valence-electron chi connectivity index (χ1n) is 7.01. The highest BCUT2D eigenvalue weighted by Crippen LogP contribution is 2.22. The number of hydrogen-bond acceptors (Lipinski definition) is 4. The zero-order valence-electron chi connectivity index (χ0n) is 12.3. The molecular weight excluding hydrogens is 268 g/mol.